The minimum absolute atomic E-state index is 0.0598. The maximum Gasteiger partial charge on any atom is 0.244 e. The summed E-state index contributed by atoms with van der Waals surface area (Å²) in [5.74, 6) is -0.723. The van der Waals surface area contributed by atoms with Gasteiger partial charge in [0, 0.05) is 12.6 Å². The number of hydrogen-bond acceptors (Lipinski definition) is 5. The Morgan fingerprint density at radius 1 is 1.00 bits per heavy atom. The van der Waals surface area contributed by atoms with Crippen molar-refractivity contribution in [1.82, 2.24) is 9.62 Å². The van der Waals surface area contributed by atoms with Gasteiger partial charge in [0.2, 0.25) is 15.9 Å². The van der Waals surface area contributed by atoms with Gasteiger partial charge in [-0.05, 0) is 37.1 Å². The molecule has 1 amide bonds. The Morgan fingerprint density at radius 2 is 1.63 bits per heavy atom. The van der Waals surface area contributed by atoms with Crippen LogP contribution < -0.4 is 4.72 Å². The summed E-state index contributed by atoms with van der Waals surface area (Å²) in [6.07, 6.45) is 1.17. The molecule has 11 heteroatoms. The first-order valence-corrected chi connectivity index (χ1v) is 13.0. The van der Waals surface area contributed by atoms with Gasteiger partial charge >= 0.3 is 0 Å². The van der Waals surface area contributed by atoms with Crippen molar-refractivity contribution in [2.45, 2.75) is 28.7 Å². The third kappa shape index (κ3) is 5.15. The van der Waals surface area contributed by atoms with Crippen molar-refractivity contribution in [3.8, 4) is 0 Å². The van der Waals surface area contributed by atoms with Gasteiger partial charge in [-0.25, -0.2) is 21.6 Å². The van der Waals surface area contributed by atoms with Crippen LogP contribution in [0.2, 0.25) is 10.0 Å². The summed E-state index contributed by atoms with van der Waals surface area (Å²) >= 11 is 11.9. The number of hydrogen-bond donors (Lipinski definition) is 1. The Kier molecular flexibility index (Phi) is 7.09. The van der Waals surface area contributed by atoms with Crippen LogP contribution >= 0.6 is 23.2 Å². The number of sulfonamides is 1. The standard InChI is InChI=1S/C19H20Cl2N2O5S2/c20-16-9-4-10-17(21)19(16)30(27,28)22-12-18(24)23-11-5-6-14(23)13-29(25,26)15-7-2-1-3-8-15/h1-4,7-10,14,22H,5-6,11-13H2. The molecule has 1 aliphatic heterocycles. The number of carbonyl (C=O) groups is 1. The maximum atomic E-state index is 12.7. The molecule has 1 aliphatic rings. The van der Waals surface area contributed by atoms with E-state index in [0.717, 1.165) is 0 Å². The number of carbonyl (C=O) groups excluding carboxylic acids is 1. The van der Waals surface area contributed by atoms with Crippen LogP contribution in [0.1, 0.15) is 12.8 Å². The number of amides is 1. The number of benzene rings is 2. The smallest absolute Gasteiger partial charge is 0.244 e. The second-order valence-electron chi connectivity index (χ2n) is 6.85. The molecule has 0 radical (unpaired) electrons. The molecule has 1 fully saturated rings. The Bertz CT molecular complexity index is 1120. The molecule has 162 valence electrons. The molecule has 0 bridgehead atoms. The van der Waals surface area contributed by atoms with Gasteiger partial charge in [0.05, 0.1) is 27.2 Å². The van der Waals surface area contributed by atoms with Crippen LogP contribution in [0.5, 0.6) is 0 Å². The zero-order chi connectivity index (χ0) is 21.9. The summed E-state index contributed by atoms with van der Waals surface area (Å²) in [6, 6.07) is 11.8. The molecular weight excluding hydrogens is 471 g/mol. The lowest BCUT2D eigenvalue weighted by atomic mass is 10.2. The van der Waals surface area contributed by atoms with Gasteiger partial charge < -0.3 is 4.90 Å². The largest absolute Gasteiger partial charge is 0.338 e. The Hall–Kier alpha value is -1.65. The number of likely N-dealkylation sites (tertiary alicyclic amines) is 1. The van der Waals surface area contributed by atoms with Crippen LogP contribution in [0.3, 0.4) is 0 Å². The molecule has 1 N–H and O–H groups in total. The first-order valence-electron chi connectivity index (χ1n) is 9.13. The zero-order valence-corrected chi connectivity index (χ0v) is 18.9. The first-order chi connectivity index (χ1) is 14.1. The molecule has 1 heterocycles. The van der Waals surface area contributed by atoms with Crippen LogP contribution in [0.25, 0.3) is 0 Å². The second-order valence-corrected chi connectivity index (χ2v) is 11.4. The van der Waals surface area contributed by atoms with E-state index in [1.165, 1.54) is 35.2 Å². The average Bonchev–Trinajstić information content (AvgIpc) is 3.14. The summed E-state index contributed by atoms with van der Waals surface area (Å²) < 4.78 is 52.6. The summed E-state index contributed by atoms with van der Waals surface area (Å²) in [7, 11) is -7.70. The van der Waals surface area contributed by atoms with Crippen molar-refractivity contribution in [2.24, 2.45) is 0 Å². The maximum absolute atomic E-state index is 12.7. The fourth-order valence-corrected chi connectivity index (χ4v) is 7.12. The fourth-order valence-electron chi connectivity index (χ4n) is 3.38. The predicted octanol–water partition coefficient (Wildman–Crippen LogP) is 2.74. The molecule has 0 aliphatic carbocycles. The van der Waals surface area contributed by atoms with Crippen molar-refractivity contribution >= 4 is 49.0 Å². The van der Waals surface area contributed by atoms with Crippen LogP contribution in [-0.2, 0) is 24.7 Å². The minimum Gasteiger partial charge on any atom is -0.338 e. The molecule has 2 aromatic rings. The highest BCUT2D eigenvalue weighted by Crippen LogP contribution is 2.29. The van der Waals surface area contributed by atoms with Crippen molar-refractivity contribution in [3.63, 3.8) is 0 Å². The number of sulfone groups is 1. The highest BCUT2D eigenvalue weighted by atomic mass is 35.5. The molecule has 0 aromatic heterocycles. The van der Waals surface area contributed by atoms with Crippen molar-refractivity contribution in [1.29, 1.82) is 0 Å². The Labute approximate surface area is 186 Å². The molecule has 1 unspecified atom stereocenters. The number of nitrogens with zero attached hydrogens (tertiary/aromatic N) is 1. The number of rotatable bonds is 7. The van der Waals surface area contributed by atoms with E-state index in [0.29, 0.717) is 19.4 Å². The summed E-state index contributed by atoms with van der Waals surface area (Å²) in [4.78, 5) is 14.0. The van der Waals surface area contributed by atoms with E-state index in [2.05, 4.69) is 4.72 Å². The lowest BCUT2D eigenvalue weighted by molar-refractivity contribution is -0.130. The van der Waals surface area contributed by atoms with E-state index in [9.17, 15) is 21.6 Å². The van der Waals surface area contributed by atoms with Crippen molar-refractivity contribution < 1.29 is 21.6 Å². The fraction of sp³-hybridized carbons (Fsp3) is 0.316. The van der Waals surface area contributed by atoms with Gasteiger partial charge in [-0.1, -0.05) is 47.5 Å². The van der Waals surface area contributed by atoms with E-state index in [1.807, 2.05) is 0 Å². The summed E-state index contributed by atoms with van der Waals surface area (Å²) in [5, 5.41) is -0.120. The molecule has 0 saturated carbocycles. The molecule has 2 aromatic carbocycles. The van der Waals surface area contributed by atoms with E-state index >= 15 is 0 Å². The number of nitrogens with one attached hydrogen (secondary N) is 1. The zero-order valence-electron chi connectivity index (χ0n) is 15.8. The predicted molar refractivity (Wildman–Crippen MR) is 115 cm³/mol. The van der Waals surface area contributed by atoms with Gasteiger partial charge in [-0.2, -0.15) is 0 Å². The lowest BCUT2D eigenvalue weighted by Crippen LogP contribution is -2.44. The van der Waals surface area contributed by atoms with Gasteiger partial charge in [0.25, 0.3) is 0 Å². The van der Waals surface area contributed by atoms with Gasteiger partial charge in [-0.15, -0.1) is 0 Å². The highest BCUT2D eigenvalue weighted by molar-refractivity contribution is 7.91. The molecule has 1 atom stereocenters. The monoisotopic (exact) mass is 490 g/mol. The normalized spacial score (nSPS) is 17.3. The highest BCUT2D eigenvalue weighted by Gasteiger charge is 2.33. The molecular formula is C19H20Cl2N2O5S2. The van der Waals surface area contributed by atoms with Crippen molar-refractivity contribution in [2.75, 3.05) is 18.8 Å². The third-order valence-corrected chi connectivity index (χ3v) is 8.98. The van der Waals surface area contributed by atoms with Gasteiger partial charge in [-0.3, -0.25) is 4.79 Å². The molecule has 7 nitrogen and oxygen atoms in total. The van der Waals surface area contributed by atoms with Gasteiger partial charge in [0.1, 0.15) is 4.90 Å². The number of halogens is 2. The topological polar surface area (TPSA) is 101 Å². The summed E-state index contributed by atoms with van der Waals surface area (Å²) in [6.45, 7) is -0.159. The van der Waals surface area contributed by atoms with Crippen LogP contribution in [0, 0.1) is 0 Å². The Morgan fingerprint density at radius 3 is 2.27 bits per heavy atom. The Balaban J connectivity index is 1.69. The SMILES string of the molecule is O=C(CNS(=O)(=O)c1c(Cl)cccc1Cl)N1CCCC1CS(=O)(=O)c1ccccc1. The van der Waals surface area contributed by atoms with Crippen LogP contribution in [0.15, 0.2) is 58.3 Å². The van der Waals surface area contributed by atoms with E-state index in [-0.39, 0.29) is 25.6 Å². The molecule has 3 rings (SSSR count). The van der Waals surface area contributed by atoms with Crippen LogP contribution in [0.4, 0.5) is 0 Å². The first kappa shape index (κ1) is 23.0. The van der Waals surface area contributed by atoms with Crippen molar-refractivity contribution in [3.05, 3.63) is 58.6 Å². The molecule has 30 heavy (non-hydrogen) atoms. The summed E-state index contributed by atoms with van der Waals surface area (Å²) in [5.41, 5.74) is 0. The van der Waals surface area contributed by atoms with Gasteiger partial charge in [0.15, 0.2) is 9.84 Å². The van der Waals surface area contributed by atoms with E-state index in [1.54, 1.807) is 18.2 Å². The quantitative estimate of drug-likeness (QED) is 0.642. The minimum atomic E-state index is -4.12. The third-order valence-electron chi connectivity index (χ3n) is 4.81. The van der Waals surface area contributed by atoms with E-state index in [4.69, 9.17) is 23.2 Å². The van der Waals surface area contributed by atoms with E-state index < -0.39 is 38.4 Å². The molecule has 1 saturated heterocycles. The second kappa shape index (κ2) is 9.23. The molecule has 0 spiro atoms. The average molecular weight is 491 g/mol. The van der Waals surface area contributed by atoms with Crippen LogP contribution in [-0.4, -0.2) is 52.5 Å². The lowest BCUT2D eigenvalue weighted by Gasteiger charge is -2.25.